The van der Waals surface area contributed by atoms with Crippen LogP contribution in [0.5, 0.6) is 0 Å². The van der Waals surface area contributed by atoms with Gasteiger partial charge in [0.15, 0.2) is 0 Å². The molecule has 1 N–H and O–H groups in total. The fourth-order valence-electron chi connectivity index (χ4n) is 1.57. The molecule has 0 saturated carbocycles. The van der Waals surface area contributed by atoms with E-state index in [0.717, 1.165) is 0 Å². The van der Waals surface area contributed by atoms with E-state index in [1.54, 1.807) is 0 Å². The maximum absolute atomic E-state index is 3.54. The van der Waals surface area contributed by atoms with Gasteiger partial charge >= 0.3 is 0 Å². The van der Waals surface area contributed by atoms with Crippen LogP contribution in [0.2, 0.25) is 0 Å². The zero-order chi connectivity index (χ0) is 7.84. The molecule has 0 aromatic heterocycles. The summed E-state index contributed by atoms with van der Waals surface area (Å²) < 4.78 is 1.25. The van der Waals surface area contributed by atoms with E-state index in [1.807, 2.05) is 0 Å². The van der Waals surface area contributed by atoms with Crippen LogP contribution in [-0.4, -0.2) is 6.04 Å². The lowest BCUT2D eigenvalue weighted by molar-refractivity contribution is 0.632. The van der Waals surface area contributed by atoms with Gasteiger partial charge in [-0.1, -0.05) is 40.2 Å². The second-order valence-electron chi connectivity index (χ2n) is 2.99. The van der Waals surface area contributed by atoms with Crippen LogP contribution in [0, 0.1) is 5.92 Å². The molecule has 1 heterocycles. The molecule has 2 aliphatic rings. The average molecular weight is 212 g/mol. The van der Waals surface area contributed by atoms with Gasteiger partial charge in [0, 0.05) is 16.1 Å². The maximum atomic E-state index is 3.54. The van der Waals surface area contributed by atoms with Crippen LogP contribution in [-0.2, 0) is 0 Å². The number of hydrogen-bond donors (Lipinski definition) is 1. The van der Waals surface area contributed by atoms with E-state index < -0.39 is 0 Å². The molecule has 0 bridgehead atoms. The molecule has 1 aliphatic heterocycles. The third-order valence-corrected chi connectivity index (χ3v) is 2.85. The van der Waals surface area contributed by atoms with Crippen molar-refractivity contribution in [3.63, 3.8) is 0 Å². The van der Waals surface area contributed by atoms with Crippen LogP contribution in [0.4, 0.5) is 0 Å². The number of fused-ring (bicyclic) bond motifs is 1. The van der Waals surface area contributed by atoms with Crippen molar-refractivity contribution in [2.24, 2.45) is 5.92 Å². The van der Waals surface area contributed by atoms with Gasteiger partial charge in [0.1, 0.15) is 0 Å². The molecule has 2 rings (SSSR count). The van der Waals surface area contributed by atoms with Gasteiger partial charge in [0.25, 0.3) is 0 Å². The minimum Gasteiger partial charge on any atom is -0.381 e. The predicted molar refractivity (Wildman–Crippen MR) is 50.3 cm³/mol. The van der Waals surface area contributed by atoms with Crippen LogP contribution in [0.3, 0.4) is 0 Å². The van der Waals surface area contributed by atoms with E-state index in [4.69, 9.17) is 0 Å². The Morgan fingerprint density at radius 1 is 1.55 bits per heavy atom. The quantitative estimate of drug-likeness (QED) is 0.649. The topological polar surface area (TPSA) is 12.0 Å². The fourth-order valence-corrected chi connectivity index (χ4v) is 2.15. The zero-order valence-electron chi connectivity index (χ0n) is 6.34. The molecule has 58 valence electrons. The van der Waals surface area contributed by atoms with E-state index in [1.165, 1.54) is 10.2 Å². The van der Waals surface area contributed by atoms with Gasteiger partial charge in [-0.15, -0.1) is 0 Å². The largest absolute Gasteiger partial charge is 0.381 e. The van der Waals surface area contributed by atoms with Crippen molar-refractivity contribution >= 4 is 15.9 Å². The molecule has 0 aromatic rings. The van der Waals surface area contributed by atoms with Crippen molar-refractivity contribution in [3.8, 4) is 0 Å². The van der Waals surface area contributed by atoms with Crippen molar-refractivity contribution in [1.29, 1.82) is 0 Å². The molecule has 0 fully saturated rings. The van der Waals surface area contributed by atoms with Crippen molar-refractivity contribution in [3.05, 3.63) is 34.5 Å². The van der Waals surface area contributed by atoms with Crippen LogP contribution in [0.1, 0.15) is 6.92 Å². The third kappa shape index (κ3) is 1.16. The molecule has 0 aromatic carbocycles. The molecule has 2 unspecified atom stereocenters. The lowest BCUT2D eigenvalue weighted by Gasteiger charge is -2.19. The second kappa shape index (κ2) is 2.52. The van der Waals surface area contributed by atoms with Crippen molar-refractivity contribution in [2.45, 2.75) is 13.0 Å². The standard InChI is InChI=1S/C9H10BrN/c1-6-5-7-3-2-4-8(10)9(7)11-6/h2-5,7,9,11H,1H3. The van der Waals surface area contributed by atoms with Gasteiger partial charge in [0.05, 0.1) is 6.04 Å². The summed E-state index contributed by atoms with van der Waals surface area (Å²) in [5, 5.41) is 3.40. The van der Waals surface area contributed by atoms with Crippen molar-refractivity contribution in [2.75, 3.05) is 0 Å². The summed E-state index contributed by atoms with van der Waals surface area (Å²) >= 11 is 3.54. The highest BCUT2D eigenvalue weighted by atomic mass is 79.9. The van der Waals surface area contributed by atoms with E-state index in [0.29, 0.717) is 12.0 Å². The Bertz CT molecular complexity index is 263. The van der Waals surface area contributed by atoms with Crippen LogP contribution >= 0.6 is 15.9 Å². The monoisotopic (exact) mass is 211 g/mol. The average Bonchev–Trinajstić information content (AvgIpc) is 2.31. The molecule has 0 amide bonds. The number of rotatable bonds is 0. The summed E-state index contributed by atoms with van der Waals surface area (Å²) in [5.74, 6) is 0.550. The molecular formula is C9H10BrN. The van der Waals surface area contributed by atoms with Crippen LogP contribution in [0.25, 0.3) is 0 Å². The molecule has 0 spiro atoms. The minimum atomic E-state index is 0.458. The van der Waals surface area contributed by atoms with Crippen LogP contribution < -0.4 is 5.32 Å². The Kier molecular flexibility index (Phi) is 1.64. The normalized spacial score (nSPS) is 34.0. The number of hydrogen-bond acceptors (Lipinski definition) is 1. The number of allylic oxidation sites excluding steroid dienone is 3. The molecule has 1 nitrogen and oxygen atoms in total. The first-order valence-corrected chi connectivity index (χ1v) is 4.55. The molecule has 11 heavy (non-hydrogen) atoms. The summed E-state index contributed by atoms with van der Waals surface area (Å²) in [7, 11) is 0. The first-order chi connectivity index (χ1) is 5.27. The highest BCUT2D eigenvalue weighted by molar-refractivity contribution is 9.11. The number of nitrogens with one attached hydrogen (secondary N) is 1. The molecule has 2 atom stereocenters. The van der Waals surface area contributed by atoms with E-state index in [2.05, 4.69) is 52.5 Å². The van der Waals surface area contributed by atoms with Gasteiger partial charge in [-0.2, -0.15) is 0 Å². The number of halogens is 1. The maximum Gasteiger partial charge on any atom is 0.0673 e. The highest BCUT2D eigenvalue weighted by Crippen LogP contribution is 2.29. The first-order valence-electron chi connectivity index (χ1n) is 3.76. The van der Waals surface area contributed by atoms with Gasteiger partial charge in [-0.25, -0.2) is 0 Å². The summed E-state index contributed by atoms with van der Waals surface area (Å²) in [5.41, 5.74) is 1.27. The zero-order valence-corrected chi connectivity index (χ0v) is 7.93. The van der Waals surface area contributed by atoms with Gasteiger partial charge in [-0.3, -0.25) is 0 Å². The Labute approximate surface area is 75.0 Å². The summed E-state index contributed by atoms with van der Waals surface area (Å²) in [4.78, 5) is 0. The Morgan fingerprint density at radius 2 is 2.36 bits per heavy atom. The summed E-state index contributed by atoms with van der Waals surface area (Å²) in [6, 6.07) is 0.458. The Morgan fingerprint density at radius 3 is 3.09 bits per heavy atom. The third-order valence-electron chi connectivity index (χ3n) is 2.10. The molecule has 0 saturated heterocycles. The van der Waals surface area contributed by atoms with Gasteiger partial charge < -0.3 is 5.32 Å². The minimum absolute atomic E-state index is 0.458. The molecule has 1 aliphatic carbocycles. The highest BCUT2D eigenvalue weighted by Gasteiger charge is 2.26. The molecule has 0 radical (unpaired) electrons. The second-order valence-corrected chi connectivity index (χ2v) is 3.90. The first kappa shape index (κ1) is 7.17. The van der Waals surface area contributed by atoms with Gasteiger partial charge in [0.2, 0.25) is 0 Å². The Balaban J connectivity index is 2.28. The fraction of sp³-hybridized carbons (Fsp3) is 0.333. The van der Waals surface area contributed by atoms with Crippen molar-refractivity contribution < 1.29 is 0 Å². The molecular weight excluding hydrogens is 202 g/mol. The Hall–Kier alpha value is -0.500. The smallest absolute Gasteiger partial charge is 0.0673 e. The van der Waals surface area contributed by atoms with E-state index in [9.17, 15) is 0 Å². The lowest BCUT2D eigenvalue weighted by atomic mass is 9.98. The summed E-state index contributed by atoms with van der Waals surface area (Å²) in [6.45, 7) is 2.10. The van der Waals surface area contributed by atoms with Crippen molar-refractivity contribution in [1.82, 2.24) is 5.32 Å². The molecule has 2 heteroatoms. The van der Waals surface area contributed by atoms with E-state index in [-0.39, 0.29) is 0 Å². The van der Waals surface area contributed by atoms with Crippen LogP contribution in [0.15, 0.2) is 34.5 Å². The van der Waals surface area contributed by atoms with E-state index >= 15 is 0 Å². The van der Waals surface area contributed by atoms with Gasteiger partial charge in [-0.05, 0) is 6.92 Å². The lowest BCUT2D eigenvalue weighted by Crippen LogP contribution is -2.28. The SMILES string of the molecule is CC1=CC2C=CC=C(Br)C2N1. The summed E-state index contributed by atoms with van der Waals surface area (Å²) in [6.07, 6.45) is 8.68. The predicted octanol–water partition coefficient (Wildman–Crippen LogP) is 2.33.